The molecule has 0 spiro atoms. The average Bonchev–Trinajstić information content (AvgIpc) is 2.73. The standard InChI is InChI=1S/C25H27NO2/c1-17-9-10-18(2)21(13-17)25-22-15-24(28-16-19-7-5-4-6-8-19)23(27-3)14-20(22)11-12-26-25/h4-10,13-15,25-26H,11-12,16H2,1-3H3. The zero-order valence-electron chi connectivity index (χ0n) is 16.8. The molecular weight excluding hydrogens is 346 g/mol. The van der Waals surface area contributed by atoms with E-state index in [2.05, 4.69) is 61.6 Å². The maximum absolute atomic E-state index is 6.17. The van der Waals surface area contributed by atoms with Crippen LogP contribution in [0.3, 0.4) is 0 Å². The molecule has 0 aliphatic carbocycles. The molecule has 0 amide bonds. The minimum Gasteiger partial charge on any atom is -0.493 e. The lowest BCUT2D eigenvalue weighted by atomic mass is 9.87. The lowest BCUT2D eigenvalue weighted by molar-refractivity contribution is 0.283. The fourth-order valence-corrected chi connectivity index (χ4v) is 3.92. The SMILES string of the molecule is COc1cc2c(cc1OCc1ccccc1)C(c1cc(C)ccc1C)NCC2. The van der Waals surface area contributed by atoms with Crippen molar-refractivity contribution in [2.45, 2.75) is 32.9 Å². The first-order chi connectivity index (χ1) is 13.7. The Labute approximate surface area is 167 Å². The third kappa shape index (κ3) is 3.76. The van der Waals surface area contributed by atoms with E-state index in [1.807, 2.05) is 18.2 Å². The molecule has 1 N–H and O–H groups in total. The molecule has 1 heterocycles. The third-order valence-electron chi connectivity index (χ3n) is 5.46. The molecule has 3 aromatic rings. The molecule has 0 aromatic heterocycles. The van der Waals surface area contributed by atoms with Gasteiger partial charge in [0.25, 0.3) is 0 Å². The molecule has 0 saturated heterocycles. The molecular formula is C25H27NO2. The van der Waals surface area contributed by atoms with Gasteiger partial charge in [0.05, 0.1) is 13.2 Å². The van der Waals surface area contributed by atoms with Gasteiger partial charge < -0.3 is 14.8 Å². The fraction of sp³-hybridized carbons (Fsp3) is 0.280. The number of rotatable bonds is 5. The van der Waals surface area contributed by atoms with Crippen LogP contribution in [-0.4, -0.2) is 13.7 Å². The van der Waals surface area contributed by atoms with Crippen LogP contribution in [0.25, 0.3) is 0 Å². The van der Waals surface area contributed by atoms with E-state index in [-0.39, 0.29) is 6.04 Å². The summed E-state index contributed by atoms with van der Waals surface area (Å²) in [6, 6.07) is 21.4. The van der Waals surface area contributed by atoms with Crippen molar-refractivity contribution in [1.29, 1.82) is 0 Å². The van der Waals surface area contributed by atoms with E-state index in [4.69, 9.17) is 9.47 Å². The molecule has 4 rings (SSSR count). The number of nitrogens with one attached hydrogen (secondary N) is 1. The predicted molar refractivity (Wildman–Crippen MR) is 113 cm³/mol. The van der Waals surface area contributed by atoms with Crippen molar-refractivity contribution in [1.82, 2.24) is 5.32 Å². The Hall–Kier alpha value is -2.78. The van der Waals surface area contributed by atoms with Crippen molar-refractivity contribution in [3.05, 3.63) is 94.0 Å². The number of hydrogen-bond acceptors (Lipinski definition) is 3. The van der Waals surface area contributed by atoms with Gasteiger partial charge in [-0.15, -0.1) is 0 Å². The van der Waals surface area contributed by atoms with Gasteiger partial charge in [0.15, 0.2) is 11.5 Å². The normalized spacial score (nSPS) is 15.8. The van der Waals surface area contributed by atoms with Crippen LogP contribution < -0.4 is 14.8 Å². The van der Waals surface area contributed by atoms with Gasteiger partial charge in [-0.25, -0.2) is 0 Å². The number of methoxy groups -OCH3 is 1. The summed E-state index contributed by atoms with van der Waals surface area (Å²) in [5.74, 6) is 1.60. The summed E-state index contributed by atoms with van der Waals surface area (Å²) in [5, 5.41) is 3.70. The van der Waals surface area contributed by atoms with Crippen LogP contribution in [0.15, 0.2) is 60.7 Å². The Balaban J connectivity index is 1.71. The van der Waals surface area contributed by atoms with Gasteiger partial charge in [0.2, 0.25) is 0 Å². The largest absolute Gasteiger partial charge is 0.493 e. The first kappa shape index (κ1) is 18.6. The van der Waals surface area contributed by atoms with Gasteiger partial charge in [0.1, 0.15) is 6.61 Å². The van der Waals surface area contributed by atoms with Gasteiger partial charge in [-0.3, -0.25) is 0 Å². The number of ether oxygens (including phenoxy) is 2. The Morgan fingerprint density at radius 1 is 0.929 bits per heavy atom. The highest BCUT2D eigenvalue weighted by atomic mass is 16.5. The summed E-state index contributed by atoms with van der Waals surface area (Å²) >= 11 is 0. The number of fused-ring (bicyclic) bond motifs is 1. The monoisotopic (exact) mass is 373 g/mol. The molecule has 0 saturated carbocycles. The molecule has 1 aliphatic heterocycles. The highest BCUT2D eigenvalue weighted by Crippen LogP contribution is 2.38. The first-order valence-electron chi connectivity index (χ1n) is 9.84. The minimum atomic E-state index is 0.175. The quantitative estimate of drug-likeness (QED) is 0.673. The molecule has 3 aromatic carbocycles. The van der Waals surface area contributed by atoms with Crippen molar-refractivity contribution >= 4 is 0 Å². The number of aryl methyl sites for hydroxylation is 2. The zero-order valence-corrected chi connectivity index (χ0v) is 16.8. The summed E-state index contributed by atoms with van der Waals surface area (Å²) in [6.45, 7) is 5.81. The smallest absolute Gasteiger partial charge is 0.162 e. The van der Waals surface area contributed by atoms with Crippen molar-refractivity contribution in [3.8, 4) is 11.5 Å². The molecule has 0 fully saturated rings. The van der Waals surface area contributed by atoms with Gasteiger partial charge in [-0.1, -0.05) is 54.1 Å². The molecule has 0 radical (unpaired) electrons. The Morgan fingerprint density at radius 2 is 1.75 bits per heavy atom. The van der Waals surface area contributed by atoms with E-state index in [0.29, 0.717) is 6.61 Å². The van der Waals surface area contributed by atoms with Crippen molar-refractivity contribution in [2.24, 2.45) is 0 Å². The summed E-state index contributed by atoms with van der Waals surface area (Å²) in [5.41, 5.74) is 7.67. The summed E-state index contributed by atoms with van der Waals surface area (Å²) in [7, 11) is 1.71. The highest BCUT2D eigenvalue weighted by molar-refractivity contribution is 5.52. The summed E-state index contributed by atoms with van der Waals surface area (Å²) in [4.78, 5) is 0. The lowest BCUT2D eigenvalue weighted by Gasteiger charge is -2.30. The van der Waals surface area contributed by atoms with Crippen LogP contribution >= 0.6 is 0 Å². The molecule has 28 heavy (non-hydrogen) atoms. The van der Waals surface area contributed by atoms with Crippen LogP contribution in [-0.2, 0) is 13.0 Å². The molecule has 0 bridgehead atoms. The van der Waals surface area contributed by atoms with Gasteiger partial charge in [-0.05, 0) is 60.2 Å². The maximum atomic E-state index is 6.17. The fourth-order valence-electron chi connectivity index (χ4n) is 3.92. The van der Waals surface area contributed by atoms with E-state index in [1.54, 1.807) is 7.11 Å². The van der Waals surface area contributed by atoms with E-state index < -0.39 is 0 Å². The third-order valence-corrected chi connectivity index (χ3v) is 5.46. The van der Waals surface area contributed by atoms with Crippen LogP contribution in [0.5, 0.6) is 11.5 Å². The van der Waals surface area contributed by atoms with E-state index in [9.17, 15) is 0 Å². The Morgan fingerprint density at radius 3 is 2.54 bits per heavy atom. The zero-order chi connectivity index (χ0) is 19.5. The topological polar surface area (TPSA) is 30.5 Å². The number of hydrogen-bond donors (Lipinski definition) is 1. The molecule has 1 atom stereocenters. The van der Waals surface area contributed by atoms with Gasteiger partial charge in [0, 0.05) is 6.54 Å². The van der Waals surface area contributed by atoms with E-state index >= 15 is 0 Å². The highest BCUT2D eigenvalue weighted by Gasteiger charge is 2.25. The van der Waals surface area contributed by atoms with E-state index in [1.165, 1.54) is 27.8 Å². The lowest BCUT2D eigenvalue weighted by Crippen LogP contribution is -2.31. The van der Waals surface area contributed by atoms with Crippen molar-refractivity contribution < 1.29 is 9.47 Å². The second-order valence-electron chi connectivity index (χ2n) is 7.47. The van der Waals surface area contributed by atoms with Crippen molar-refractivity contribution in [3.63, 3.8) is 0 Å². The van der Waals surface area contributed by atoms with Crippen LogP contribution in [0.1, 0.15) is 39.4 Å². The minimum absolute atomic E-state index is 0.175. The molecule has 144 valence electrons. The molecule has 1 aliphatic rings. The number of benzene rings is 3. The average molecular weight is 373 g/mol. The maximum Gasteiger partial charge on any atom is 0.162 e. The molecule has 1 unspecified atom stereocenters. The molecule has 3 heteroatoms. The Kier molecular flexibility index (Phi) is 5.36. The predicted octanol–water partition coefficient (Wildman–Crippen LogP) is 5.13. The summed E-state index contributed by atoms with van der Waals surface area (Å²) in [6.07, 6.45) is 0.992. The summed E-state index contributed by atoms with van der Waals surface area (Å²) < 4.78 is 11.8. The second-order valence-corrected chi connectivity index (χ2v) is 7.47. The van der Waals surface area contributed by atoms with Crippen LogP contribution in [0.4, 0.5) is 0 Å². The first-order valence-corrected chi connectivity index (χ1v) is 9.84. The Bertz CT molecular complexity index is 966. The van der Waals surface area contributed by atoms with Crippen molar-refractivity contribution in [2.75, 3.05) is 13.7 Å². The molecule has 3 nitrogen and oxygen atoms in total. The van der Waals surface area contributed by atoms with Gasteiger partial charge >= 0.3 is 0 Å². The second kappa shape index (κ2) is 8.07. The van der Waals surface area contributed by atoms with Gasteiger partial charge in [-0.2, -0.15) is 0 Å². The van der Waals surface area contributed by atoms with Crippen LogP contribution in [0.2, 0.25) is 0 Å². The van der Waals surface area contributed by atoms with Crippen LogP contribution in [0, 0.1) is 13.8 Å². The van der Waals surface area contributed by atoms with E-state index in [0.717, 1.165) is 30.0 Å².